The second-order valence-corrected chi connectivity index (χ2v) is 12.6. The van der Waals surface area contributed by atoms with Crippen LogP contribution in [-0.4, -0.2) is 73.3 Å². The van der Waals surface area contributed by atoms with Crippen LogP contribution >= 0.6 is 31.9 Å². The van der Waals surface area contributed by atoms with Gasteiger partial charge in [-0.05, 0) is 93.1 Å². The molecule has 0 unspecified atom stereocenters. The first-order chi connectivity index (χ1) is 22.1. The van der Waals surface area contributed by atoms with Gasteiger partial charge in [0.05, 0.1) is 48.5 Å². The summed E-state index contributed by atoms with van der Waals surface area (Å²) in [7, 11) is 1.52. The molecule has 5 rings (SSSR count). The van der Waals surface area contributed by atoms with E-state index in [9.17, 15) is 9.59 Å². The average molecular weight is 756 g/mol. The van der Waals surface area contributed by atoms with E-state index >= 15 is 0 Å². The van der Waals surface area contributed by atoms with Crippen LogP contribution in [0.2, 0.25) is 0 Å². The molecule has 0 atom stereocenters. The van der Waals surface area contributed by atoms with Crippen LogP contribution in [-0.2, 0) is 9.53 Å². The fourth-order valence-corrected chi connectivity index (χ4v) is 6.15. The minimum absolute atomic E-state index is 0.139. The minimum atomic E-state index is -0.306. The number of rotatable bonds is 10. The number of hydrogen-bond donors (Lipinski definition) is 0. The molecule has 1 saturated heterocycles. The molecule has 0 saturated carbocycles. The second kappa shape index (κ2) is 14.8. The van der Waals surface area contributed by atoms with Crippen LogP contribution in [0, 0.1) is 6.92 Å². The summed E-state index contributed by atoms with van der Waals surface area (Å²) in [5.41, 5.74) is 3.57. The maximum Gasteiger partial charge on any atom is 0.282 e. The minimum Gasteiger partial charge on any atom is -0.494 e. The fraction of sp³-hybridized carbons (Fsp3) is 0.353. The summed E-state index contributed by atoms with van der Waals surface area (Å²) in [6.45, 7) is 10.6. The van der Waals surface area contributed by atoms with E-state index in [4.69, 9.17) is 23.9 Å². The van der Waals surface area contributed by atoms with Crippen molar-refractivity contribution in [2.45, 2.75) is 33.6 Å². The lowest BCUT2D eigenvalue weighted by atomic mass is 9.96. The quantitative estimate of drug-likeness (QED) is 0.169. The Morgan fingerprint density at radius 1 is 1.09 bits per heavy atom. The van der Waals surface area contributed by atoms with Crippen LogP contribution in [0.25, 0.3) is 22.3 Å². The molecule has 242 valence electrons. The summed E-state index contributed by atoms with van der Waals surface area (Å²) >= 11 is 7.22. The fourth-order valence-electron chi connectivity index (χ4n) is 5.22. The molecule has 0 aliphatic carbocycles. The van der Waals surface area contributed by atoms with E-state index in [-0.39, 0.29) is 24.0 Å². The Morgan fingerprint density at radius 2 is 1.83 bits per heavy atom. The maximum absolute atomic E-state index is 13.9. The first kappa shape index (κ1) is 33.6. The number of hydrogen-bond acceptors (Lipinski definition) is 8. The van der Waals surface area contributed by atoms with Gasteiger partial charge in [-0.1, -0.05) is 26.0 Å². The number of carbonyl (C=O) groups is 1. The van der Waals surface area contributed by atoms with Gasteiger partial charge in [0, 0.05) is 28.7 Å². The number of halogens is 2. The van der Waals surface area contributed by atoms with Crippen molar-refractivity contribution in [1.82, 2.24) is 14.6 Å². The number of ether oxygens (including phenoxy) is 4. The van der Waals surface area contributed by atoms with Crippen molar-refractivity contribution in [2.75, 3.05) is 46.6 Å². The molecule has 4 aromatic rings. The standard InChI is InChI=1S/C34H36Br2N4O6/c1-6-45-27-15-21(4)25(17-24(27)20(2)3)33-38-26-10-8-7-9-23(26)34(42)40(33)37-18-22-16-28(43-5)32(31(36)30(22)35)46-19-29(41)39-11-13-44-14-12-39/h7-10,15-18,20H,6,11-14,19H2,1-5H3. The van der Waals surface area contributed by atoms with Crippen molar-refractivity contribution in [3.63, 3.8) is 0 Å². The molecular weight excluding hydrogens is 720 g/mol. The molecule has 1 aliphatic rings. The third-order valence-corrected chi connectivity index (χ3v) is 9.81. The van der Waals surface area contributed by atoms with Gasteiger partial charge >= 0.3 is 0 Å². The normalized spacial score (nSPS) is 13.5. The third kappa shape index (κ3) is 6.98. The van der Waals surface area contributed by atoms with Gasteiger partial charge in [-0.2, -0.15) is 9.78 Å². The van der Waals surface area contributed by atoms with Gasteiger partial charge in [0.1, 0.15) is 5.75 Å². The van der Waals surface area contributed by atoms with Crippen molar-refractivity contribution >= 4 is 54.9 Å². The summed E-state index contributed by atoms with van der Waals surface area (Å²) in [5, 5.41) is 5.13. The predicted molar refractivity (Wildman–Crippen MR) is 186 cm³/mol. The van der Waals surface area contributed by atoms with Crippen molar-refractivity contribution in [2.24, 2.45) is 5.10 Å². The zero-order valence-corrected chi connectivity index (χ0v) is 29.6. The third-order valence-electron chi connectivity index (χ3n) is 7.67. The van der Waals surface area contributed by atoms with E-state index in [1.165, 1.54) is 11.8 Å². The van der Waals surface area contributed by atoms with Gasteiger partial charge in [-0.25, -0.2) is 4.98 Å². The number of morpholine rings is 1. The van der Waals surface area contributed by atoms with E-state index in [0.29, 0.717) is 75.6 Å². The number of carbonyl (C=O) groups excluding carboxylic acids is 1. The summed E-state index contributed by atoms with van der Waals surface area (Å²) < 4.78 is 25.3. The maximum atomic E-state index is 13.9. The van der Waals surface area contributed by atoms with Crippen molar-refractivity contribution in [3.8, 4) is 28.6 Å². The lowest BCUT2D eigenvalue weighted by Gasteiger charge is -2.27. The van der Waals surface area contributed by atoms with E-state index in [2.05, 4.69) is 50.8 Å². The van der Waals surface area contributed by atoms with Crippen LogP contribution in [0.5, 0.6) is 17.2 Å². The molecule has 1 fully saturated rings. The first-order valence-electron chi connectivity index (χ1n) is 15.0. The number of amides is 1. The summed E-state index contributed by atoms with van der Waals surface area (Å²) in [5.74, 6) is 2.01. The number of para-hydroxylation sites is 1. The molecule has 2 heterocycles. The summed E-state index contributed by atoms with van der Waals surface area (Å²) in [6.07, 6.45) is 1.56. The topological polar surface area (TPSA) is 104 Å². The summed E-state index contributed by atoms with van der Waals surface area (Å²) in [6, 6.07) is 13.0. The van der Waals surface area contributed by atoms with E-state index in [1.807, 2.05) is 38.1 Å². The van der Waals surface area contributed by atoms with Crippen LogP contribution < -0.4 is 19.8 Å². The number of nitrogens with zero attached hydrogens (tertiary/aromatic N) is 4. The number of aromatic nitrogens is 2. The van der Waals surface area contributed by atoms with E-state index in [1.54, 1.807) is 29.3 Å². The Morgan fingerprint density at radius 3 is 2.52 bits per heavy atom. The lowest BCUT2D eigenvalue weighted by molar-refractivity contribution is -0.137. The number of fused-ring (bicyclic) bond motifs is 1. The Bertz CT molecular complexity index is 1850. The monoisotopic (exact) mass is 754 g/mol. The highest BCUT2D eigenvalue weighted by atomic mass is 79.9. The van der Waals surface area contributed by atoms with Gasteiger partial charge in [0.15, 0.2) is 23.9 Å². The van der Waals surface area contributed by atoms with Crippen molar-refractivity contribution < 1.29 is 23.7 Å². The van der Waals surface area contributed by atoms with E-state index < -0.39 is 0 Å². The number of benzene rings is 3. The molecule has 12 heteroatoms. The lowest BCUT2D eigenvalue weighted by Crippen LogP contribution is -2.43. The highest BCUT2D eigenvalue weighted by molar-refractivity contribution is 9.13. The Hall–Kier alpha value is -3.74. The Balaban J connectivity index is 1.57. The molecule has 0 spiro atoms. The molecule has 1 aliphatic heterocycles. The van der Waals surface area contributed by atoms with Crippen LogP contribution in [0.15, 0.2) is 61.3 Å². The van der Waals surface area contributed by atoms with E-state index in [0.717, 1.165) is 22.4 Å². The highest BCUT2D eigenvalue weighted by Crippen LogP contribution is 2.42. The SMILES string of the molecule is CCOc1cc(C)c(-c2nc3ccccc3c(=O)n2N=Cc2cc(OC)c(OCC(=O)N3CCOCC3)c(Br)c2Br)cc1C(C)C. The van der Waals surface area contributed by atoms with Crippen LogP contribution in [0.1, 0.15) is 43.4 Å². The molecule has 46 heavy (non-hydrogen) atoms. The smallest absolute Gasteiger partial charge is 0.282 e. The molecule has 0 bridgehead atoms. The molecule has 0 radical (unpaired) electrons. The van der Waals surface area contributed by atoms with Crippen LogP contribution in [0.3, 0.4) is 0 Å². The predicted octanol–water partition coefficient (Wildman–Crippen LogP) is 6.55. The van der Waals surface area contributed by atoms with Gasteiger partial charge in [-0.15, -0.1) is 0 Å². The number of methoxy groups -OCH3 is 1. The average Bonchev–Trinajstić information content (AvgIpc) is 3.06. The zero-order chi connectivity index (χ0) is 33.0. The van der Waals surface area contributed by atoms with Gasteiger partial charge in [-0.3, -0.25) is 9.59 Å². The van der Waals surface area contributed by atoms with Crippen LogP contribution in [0.4, 0.5) is 0 Å². The molecule has 3 aromatic carbocycles. The molecule has 10 nitrogen and oxygen atoms in total. The number of aryl methyl sites for hydroxylation is 1. The van der Waals surface area contributed by atoms with Gasteiger partial charge < -0.3 is 23.8 Å². The second-order valence-electron chi connectivity index (χ2n) is 11.0. The Kier molecular flexibility index (Phi) is 10.8. The molecule has 1 aromatic heterocycles. The molecule has 0 N–H and O–H groups in total. The highest BCUT2D eigenvalue weighted by Gasteiger charge is 2.22. The van der Waals surface area contributed by atoms with Gasteiger partial charge in [0.2, 0.25) is 0 Å². The molecule has 1 amide bonds. The van der Waals surface area contributed by atoms with Crippen molar-refractivity contribution in [1.29, 1.82) is 0 Å². The first-order valence-corrected chi connectivity index (χ1v) is 16.6. The van der Waals surface area contributed by atoms with Gasteiger partial charge in [0.25, 0.3) is 11.5 Å². The summed E-state index contributed by atoms with van der Waals surface area (Å²) in [4.78, 5) is 33.3. The molecular formula is C34H36Br2N4O6. The largest absolute Gasteiger partial charge is 0.494 e. The Labute approximate surface area is 284 Å². The zero-order valence-electron chi connectivity index (χ0n) is 26.4. The van der Waals surface area contributed by atoms with Crippen molar-refractivity contribution in [3.05, 3.63) is 78.5 Å².